The SMILES string of the molecule is CC(C)CNC(=O)[C@@H](C)N(Cc1ccc(F)cc1)C(=O)CN(c1cc(C(F)(F)F)ccc1Cl)S(C)(=O)=O. The number of rotatable bonds is 10. The number of sulfonamides is 1. The monoisotopic (exact) mass is 565 g/mol. The van der Waals surface area contributed by atoms with Crippen LogP contribution in [-0.2, 0) is 32.3 Å². The van der Waals surface area contributed by atoms with E-state index in [4.69, 9.17) is 11.6 Å². The Kier molecular flexibility index (Phi) is 9.95. The van der Waals surface area contributed by atoms with Gasteiger partial charge in [-0.1, -0.05) is 37.6 Å². The van der Waals surface area contributed by atoms with Crippen molar-refractivity contribution in [3.63, 3.8) is 0 Å². The number of amides is 2. The van der Waals surface area contributed by atoms with Crippen molar-refractivity contribution in [3.05, 3.63) is 64.4 Å². The van der Waals surface area contributed by atoms with Gasteiger partial charge >= 0.3 is 6.18 Å². The Bertz CT molecular complexity index is 1220. The minimum absolute atomic E-state index is 0.112. The zero-order valence-electron chi connectivity index (χ0n) is 20.6. The highest BCUT2D eigenvalue weighted by Gasteiger charge is 2.34. The normalized spacial score (nSPS) is 12.8. The molecule has 0 aliphatic carbocycles. The molecule has 0 heterocycles. The first-order valence-electron chi connectivity index (χ1n) is 11.2. The van der Waals surface area contributed by atoms with Crippen LogP contribution >= 0.6 is 11.6 Å². The maximum absolute atomic E-state index is 13.4. The fourth-order valence-corrected chi connectivity index (χ4v) is 4.42. The number of alkyl halides is 3. The number of carbonyl (C=O) groups excluding carboxylic acids is 2. The quantitative estimate of drug-likeness (QED) is 0.431. The van der Waals surface area contributed by atoms with Crippen LogP contribution in [0.25, 0.3) is 0 Å². The third-order valence-corrected chi connectivity index (χ3v) is 6.79. The van der Waals surface area contributed by atoms with E-state index in [9.17, 15) is 35.6 Å². The van der Waals surface area contributed by atoms with E-state index >= 15 is 0 Å². The minimum atomic E-state index is -4.79. The Balaban J connectivity index is 2.47. The molecule has 2 amide bonds. The summed E-state index contributed by atoms with van der Waals surface area (Å²) >= 11 is 6.04. The summed E-state index contributed by atoms with van der Waals surface area (Å²) in [5.74, 6) is -1.81. The van der Waals surface area contributed by atoms with Gasteiger partial charge in [-0.25, -0.2) is 12.8 Å². The molecule has 0 aliphatic rings. The van der Waals surface area contributed by atoms with E-state index in [-0.39, 0.29) is 17.5 Å². The van der Waals surface area contributed by atoms with Crippen LogP contribution in [0, 0.1) is 11.7 Å². The maximum Gasteiger partial charge on any atom is 0.416 e. The van der Waals surface area contributed by atoms with Crippen molar-refractivity contribution in [1.82, 2.24) is 10.2 Å². The summed E-state index contributed by atoms with van der Waals surface area (Å²) in [6, 6.07) is 6.14. The van der Waals surface area contributed by atoms with Crippen LogP contribution in [0.1, 0.15) is 31.9 Å². The fourth-order valence-electron chi connectivity index (χ4n) is 3.30. The van der Waals surface area contributed by atoms with Gasteiger partial charge in [0.25, 0.3) is 0 Å². The summed E-state index contributed by atoms with van der Waals surface area (Å²) in [7, 11) is -4.29. The molecule has 0 saturated heterocycles. The maximum atomic E-state index is 13.4. The van der Waals surface area contributed by atoms with Crippen LogP contribution in [0.3, 0.4) is 0 Å². The van der Waals surface area contributed by atoms with Gasteiger partial charge in [-0.2, -0.15) is 13.2 Å². The van der Waals surface area contributed by atoms with E-state index in [1.165, 1.54) is 19.1 Å². The number of nitrogens with one attached hydrogen (secondary N) is 1. The number of hydrogen-bond donors (Lipinski definition) is 1. The third-order valence-electron chi connectivity index (χ3n) is 5.34. The molecule has 0 aromatic heterocycles. The van der Waals surface area contributed by atoms with Crippen molar-refractivity contribution < 1.29 is 35.6 Å². The number of halogens is 5. The lowest BCUT2D eigenvalue weighted by Crippen LogP contribution is -2.51. The first-order chi connectivity index (χ1) is 17.0. The van der Waals surface area contributed by atoms with E-state index in [1.54, 1.807) is 0 Å². The van der Waals surface area contributed by atoms with Crippen LogP contribution < -0.4 is 9.62 Å². The summed E-state index contributed by atoms with van der Waals surface area (Å²) in [6.07, 6.45) is -4.07. The molecule has 0 unspecified atom stereocenters. The fraction of sp³-hybridized carbons (Fsp3) is 0.417. The van der Waals surface area contributed by atoms with Gasteiger partial charge in [0.05, 0.1) is 22.5 Å². The van der Waals surface area contributed by atoms with Gasteiger partial charge in [-0.3, -0.25) is 13.9 Å². The van der Waals surface area contributed by atoms with Crippen molar-refractivity contribution in [1.29, 1.82) is 0 Å². The number of hydrogen-bond acceptors (Lipinski definition) is 4. The number of anilines is 1. The molecule has 0 radical (unpaired) electrons. The Morgan fingerprint density at radius 1 is 1.05 bits per heavy atom. The lowest BCUT2D eigenvalue weighted by molar-refractivity contribution is -0.139. The summed E-state index contributed by atoms with van der Waals surface area (Å²) in [5.41, 5.74) is -1.25. The molecule has 2 aromatic carbocycles. The van der Waals surface area contributed by atoms with E-state index in [2.05, 4.69) is 5.32 Å². The molecule has 204 valence electrons. The molecule has 2 rings (SSSR count). The average molecular weight is 566 g/mol. The van der Waals surface area contributed by atoms with Gasteiger partial charge in [-0.05, 0) is 48.7 Å². The van der Waals surface area contributed by atoms with Crippen molar-refractivity contribution in [2.24, 2.45) is 5.92 Å². The van der Waals surface area contributed by atoms with Gasteiger partial charge in [0.1, 0.15) is 18.4 Å². The smallest absolute Gasteiger partial charge is 0.354 e. The summed E-state index contributed by atoms with van der Waals surface area (Å²) in [4.78, 5) is 27.3. The Hall–Kier alpha value is -2.86. The molecular weight excluding hydrogens is 538 g/mol. The number of carbonyl (C=O) groups is 2. The highest BCUT2D eigenvalue weighted by Crippen LogP contribution is 2.36. The second kappa shape index (κ2) is 12.1. The molecule has 2 aromatic rings. The Morgan fingerprint density at radius 3 is 2.16 bits per heavy atom. The molecule has 0 saturated carbocycles. The average Bonchev–Trinajstić information content (AvgIpc) is 2.79. The molecule has 37 heavy (non-hydrogen) atoms. The van der Waals surface area contributed by atoms with Crippen LogP contribution in [0.15, 0.2) is 42.5 Å². The first-order valence-corrected chi connectivity index (χ1v) is 13.4. The van der Waals surface area contributed by atoms with Gasteiger partial charge in [0, 0.05) is 13.1 Å². The molecule has 0 spiro atoms. The van der Waals surface area contributed by atoms with Gasteiger partial charge in [-0.15, -0.1) is 0 Å². The Labute approximate surface area is 218 Å². The largest absolute Gasteiger partial charge is 0.416 e. The summed E-state index contributed by atoms with van der Waals surface area (Å²) in [6.45, 7) is 4.37. The second-order valence-corrected chi connectivity index (χ2v) is 11.2. The zero-order valence-corrected chi connectivity index (χ0v) is 22.2. The van der Waals surface area contributed by atoms with Crippen LogP contribution in [0.4, 0.5) is 23.2 Å². The molecule has 0 fully saturated rings. The molecule has 0 bridgehead atoms. The van der Waals surface area contributed by atoms with Crippen LogP contribution in [0.2, 0.25) is 5.02 Å². The molecule has 13 heteroatoms. The van der Waals surface area contributed by atoms with E-state index in [0.717, 1.165) is 29.4 Å². The van der Waals surface area contributed by atoms with Crippen LogP contribution in [-0.4, -0.2) is 50.5 Å². The standard InChI is InChI=1S/C24H28ClF4N3O4S/c1-15(2)12-30-23(34)16(3)31(13-17-5-8-19(26)9-6-17)22(33)14-32(37(4,35)36)21-11-18(24(27,28)29)7-10-20(21)25/h5-11,15-16H,12-14H2,1-4H3,(H,30,34)/t16-/m1/s1. The van der Waals surface area contributed by atoms with E-state index in [1.807, 2.05) is 13.8 Å². The number of nitrogens with zero attached hydrogens (tertiary/aromatic N) is 2. The molecule has 1 N–H and O–H groups in total. The van der Waals surface area contributed by atoms with Crippen molar-refractivity contribution in [3.8, 4) is 0 Å². The molecule has 7 nitrogen and oxygen atoms in total. The minimum Gasteiger partial charge on any atom is -0.354 e. The topological polar surface area (TPSA) is 86.8 Å². The Morgan fingerprint density at radius 2 is 1.65 bits per heavy atom. The predicted octanol–water partition coefficient (Wildman–Crippen LogP) is 4.45. The van der Waals surface area contributed by atoms with Gasteiger partial charge in [0.15, 0.2) is 0 Å². The summed E-state index contributed by atoms with van der Waals surface area (Å²) < 4.78 is 78.9. The third kappa shape index (κ3) is 8.60. The van der Waals surface area contributed by atoms with E-state index in [0.29, 0.717) is 28.5 Å². The van der Waals surface area contributed by atoms with Crippen LogP contribution in [0.5, 0.6) is 0 Å². The number of benzene rings is 2. The van der Waals surface area contributed by atoms with E-state index < -0.39 is 57.7 Å². The lowest BCUT2D eigenvalue weighted by Gasteiger charge is -2.32. The highest BCUT2D eigenvalue weighted by molar-refractivity contribution is 7.92. The first kappa shape index (κ1) is 30.4. The molecular formula is C24H28ClF4N3O4S. The lowest BCUT2D eigenvalue weighted by atomic mass is 10.1. The van der Waals surface area contributed by atoms with Crippen molar-refractivity contribution in [2.45, 2.75) is 39.5 Å². The van der Waals surface area contributed by atoms with Gasteiger partial charge < -0.3 is 10.2 Å². The highest BCUT2D eigenvalue weighted by atomic mass is 35.5. The van der Waals surface area contributed by atoms with Gasteiger partial charge in [0.2, 0.25) is 21.8 Å². The second-order valence-electron chi connectivity index (χ2n) is 8.90. The zero-order chi connectivity index (χ0) is 28.1. The molecule has 0 aliphatic heterocycles. The van der Waals surface area contributed by atoms with Crippen molar-refractivity contribution >= 4 is 39.1 Å². The molecule has 1 atom stereocenters. The summed E-state index contributed by atoms with van der Waals surface area (Å²) in [5, 5.41) is 2.37. The van der Waals surface area contributed by atoms with Crippen molar-refractivity contribution in [2.75, 3.05) is 23.7 Å². The predicted molar refractivity (Wildman–Crippen MR) is 133 cm³/mol.